The van der Waals surface area contributed by atoms with Gasteiger partial charge in [-0.2, -0.15) is 0 Å². The number of hydrogen-bond donors (Lipinski definition) is 1. The first kappa shape index (κ1) is 12.7. The Morgan fingerprint density at radius 3 is 2.71 bits per heavy atom. The summed E-state index contributed by atoms with van der Waals surface area (Å²) in [6.45, 7) is 3.60. The smallest absolute Gasteiger partial charge is 0.0961 e. The SMILES string of the molecule is CC(C)(O)Cc1nc(-c2ccccc2Br)cs1. The van der Waals surface area contributed by atoms with Crippen LogP contribution in [0.2, 0.25) is 0 Å². The quantitative estimate of drug-likeness (QED) is 0.933. The zero-order valence-electron chi connectivity index (χ0n) is 9.77. The van der Waals surface area contributed by atoms with E-state index >= 15 is 0 Å². The lowest BCUT2D eigenvalue weighted by molar-refractivity contribution is 0.0809. The topological polar surface area (TPSA) is 33.1 Å². The van der Waals surface area contributed by atoms with Crippen LogP contribution in [-0.4, -0.2) is 15.7 Å². The number of halogens is 1. The first-order valence-corrected chi connectivity index (χ1v) is 7.05. The maximum absolute atomic E-state index is 9.76. The van der Waals surface area contributed by atoms with E-state index in [0.29, 0.717) is 6.42 Å². The number of aliphatic hydroxyl groups is 1. The predicted octanol–water partition coefficient (Wildman–Crippen LogP) is 3.89. The Hall–Kier alpha value is -0.710. The van der Waals surface area contributed by atoms with Crippen LogP contribution in [0.4, 0.5) is 0 Å². The molecule has 0 saturated heterocycles. The van der Waals surface area contributed by atoms with Gasteiger partial charge in [-0.3, -0.25) is 0 Å². The molecule has 0 aliphatic heterocycles. The Kier molecular flexibility index (Phi) is 3.66. The fraction of sp³-hybridized carbons (Fsp3) is 0.308. The summed E-state index contributed by atoms with van der Waals surface area (Å²) < 4.78 is 1.04. The molecule has 0 amide bonds. The molecule has 1 heterocycles. The summed E-state index contributed by atoms with van der Waals surface area (Å²) in [6, 6.07) is 8.02. The molecular weight excluding hydrogens is 298 g/mol. The van der Waals surface area contributed by atoms with Crippen LogP contribution in [-0.2, 0) is 6.42 Å². The largest absolute Gasteiger partial charge is 0.390 e. The number of rotatable bonds is 3. The lowest BCUT2D eigenvalue weighted by Gasteiger charge is -2.14. The molecule has 0 unspecified atom stereocenters. The Bertz CT molecular complexity index is 516. The maximum Gasteiger partial charge on any atom is 0.0961 e. The molecule has 2 rings (SSSR count). The van der Waals surface area contributed by atoms with Gasteiger partial charge in [0.05, 0.1) is 16.3 Å². The summed E-state index contributed by atoms with van der Waals surface area (Å²) in [6.07, 6.45) is 0.585. The minimum absolute atomic E-state index is 0.585. The Morgan fingerprint density at radius 1 is 1.35 bits per heavy atom. The summed E-state index contributed by atoms with van der Waals surface area (Å²) in [5, 5.41) is 12.8. The van der Waals surface area contributed by atoms with Crippen LogP contribution in [0.5, 0.6) is 0 Å². The fourth-order valence-corrected chi connectivity index (χ4v) is 3.06. The van der Waals surface area contributed by atoms with Crippen molar-refractivity contribution in [3.05, 3.63) is 39.1 Å². The molecule has 0 aliphatic carbocycles. The van der Waals surface area contributed by atoms with Gasteiger partial charge >= 0.3 is 0 Å². The number of benzene rings is 1. The van der Waals surface area contributed by atoms with Crippen molar-refractivity contribution >= 4 is 27.3 Å². The third kappa shape index (κ3) is 3.37. The molecule has 1 aromatic heterocycles. The van der Waals surface area contributed by atoms with Gasteiger partial charge in [-0.1, -0.05) is 34.1 Å². The third-order valence-corrected chi connectivity index (χ3v) is 3.83. The van der Waals surface area contributed by atoms with E-state index in [1.54, 1.807) is 25.2 Å². The highest BCUT2D eigenvalue weighted by Gasteiger charge is 2.16. The number of nitrogens with zero attached hydrogens (tertiary/aromatic N) is 1. The molecule has 0 fully saturated rings. The molecule has 0 saturated carbocycles. The predicted molar refractivity (Wildman–Crippen MR) is 75.3 cm³/mol. The van der Waals surface area contributed by atoms with Gasteiger partial charge in [-0.15, -0.1) is 11.3 Å². The molecule has 2 aromatic rings. The van der Waals surface area contributed by atoms with Gasteiger partial charge in [0, 0.05) is 21.8 Å². The molecule has 0 aliphatic rings. The summed E-state index contributed by atoms with van der Waals surface area (Å²) in [4.78, 5) is 4.56. The van der Waals surface area contributed by atoms with E-state index in [4.69, 9.17) is 0 Å². The second-order valence-corrected chi connectivity index (χ2v) is 6.39. The Morgan fingerprint density at radius 2 is 2.06 bits per heavy atom. The minimum Gasteiger partial charge on any atom is -0.390 e. The molecule has 1 aromatic carbocycles. The van der Waals surface area contributed by atoms with Crippen molar-refractivity contribution in [1.29, 1.82) is 0 Å². The molecule has 17 heavy (non-hydrogen) atoms. The molecular formula is C13H14BrNOS. The van der Waals surface area contributed by atoms with Gasteiger partial charge in [0.15, 0.2) is 0 Å². The lowest BCUT2D eigenvalue weighted by Crippen LogP contribution is -2.21. The lowest BCUT2D eigenvalue weighted by atomic mass is 10.1. The van der Waals surface area contributed by atoms with Crippen LogP contribution in [0, 0.1) is 0 Å². The fourth-order valence-electron chi connectivity index (χ4n) is 1.55. The van der Waals surface area contributed by atoms with Crippen molar-refractivity contribution in [2.24, 2.45) is 0 Å². The first-order valence-electron chi connectivity index (χ1n) is 5.37. The molecule has 0 bridgehead atoms. The molecule has 4 heteroatoms. The Labute approximate surface area is 113 Å². The summed E-state index contributed by atoms with van der Waals surface area (Å²) in [7, 11) is 0. The van der Waals surface area contributed by atoms with Gasteiger partial charge in [-0.25, -0.2) is 4.98 Å². The van der Waals surface area contributed by atoms with Crippen molar-refractivity contribution in [3.63, 3.8) is 0 Å². The summed E-state index contributed by atoms with van der Waals surface area (Å²) in [5.41, 5.74) is 1.34. The van der Waals surface area contributed by atoms with E-state index < -0.39 is 5.60 Å². The number of aromatic nitrogens is 1. The second-order valence-electron chi connectivity index (χ2n) is 4.60. The third-order valence-electron chi connectivity index (χ3n) is 2.29. The van der Waals surface area contributed by atoms with E-state index in [9.17, 15) is 5.11 Å². The number of thiazole rings is 1. The monoisotopic (exact) mass is 311 g/mol. The van der Waals surface area contributed by atoms with Crippen LogP contribution >= 0.6 is 27.3 Å². The van der Waals surface area contributed by atoms with Crippen molar-refractivity contribution in [1.82, 2.24) is 4.98 Å². The van der Waals surface area contributed by atoms with Gasteiger partial charge in [0.1, 0.15) is 0 Å². The zero-order valence-corrected chi connectivity index (χ0v) is 12.2. The highest BCUT2D eigenvalue weighted by molar-refractivity contribution is 9.10. The highest BCUT2D eigenvalue weighted by atomic mass is 79.9. The van der Waals surface area contributed by atoms with E-state index in [0.717, 1.165) is 20.7 Å². The molecule has 1 N–H and O–H groups in total. The average Bonchev–Trinajstić information content (AvgIpc) is 2.64. The van der Waals surface area contributed by atoms with Gasteiger partial charge in [-0.05, 0) is 19.9 Å². The minimum atomic E-state index is -0.705. The second kappa shape index (κ2) is 4.88. The molecule has 0 radical (unpaired) electrons. The maximum atomic E-state index is 9.76. The van der Waals surface area contributed by atoms with E-state index in [-0.39, 0.29) is 0 Å². The summed E-state index contributed by atoms with van der Waals surface area (Å²) >= 11 is 5.11. The van der Waals surface area contributed by atoms with Crippen molar-refractivity contribution in [2.45, 2.75) is 25.9 Å². The van der Waals surface area contributed by atoms with E-state index in [2.05, 4.69) is 20.9 Å². The Balaban J connectivity index is 2.28. The van der Waals surface area contributed by atoms with Crippen molar-refractivity contribution in [3.8, 4) is 11.3 Å². The first-order chi connectivity index (χ1) is 7.96. The standard InChI is InChI=1S/C13H14BrNOS/c1-13(2,16)7-12-15-11(8-17-12)9-5-3-4-6-10(9)14/h3-6,8,16H,7H2,1-2H3. The molecule has 0 atom stereocenters. The number of hydrogen-bond acceptors (Lipinski definition) is 3. The van der Waals surface area contributed by atoms with E-state index in [1.165, 1.54) is 0 Å². The summed E-state index contributed by atoms with van der Waals surface area (Å²) in [5.74, 6) is 0. The molecule has 2 nitrogen and oxygen atoms in total. The van der Waals surface area contributed by atoms with Crippen LogP contribution in [0.15, 0.2) is 34.1 Å². The van der Waals surface area contributed by atoms with E-state index in [1.807, 2.05) is 29.6 Å². The zero-order chi connectivity index (χ0) is 12.5. The average molecular weight is 312 g/mol. The van der Waals surface area contributed by atoms with Crippen LogP contribution < -0.4 is 0 Å². The highest BCUT2D eigenvalue weighted by Crippen LogP contribution is 2.29. The molecule has 0 spiro atoms. The normalized spacial score (nSPS) is 11.8. The van der Waals surface area contributed by atoms with Crippen LogP contribution in [0.1, 0.15) is 18.9 Å². The van der Waals surface area contributed by atoms with Gasteiger partial charge in [0.25, 0.3) is 0 Å². The van der Waals surface area contributed by atoms with Crippen molar-refractivity contribution in [2.75, 3.05) is 0 Å². The van der Waals surface area contributed by atoms with Crippen LogP contribution in [0.25, 0.3) is 11.3 Å². The van der Waals surface area contributed by atoms with Gasteiger partial charge < -0.3 is 5.11 Å². The molecule has 90 valence electrons. The van der Waals surface area contributed by atoms with Crippen molar-refractivity contribution < 1.29 is 5.11 Å². The van der Waals surface area contributed by atoms with Gasteiger partial charge in [0.2, 0.25) is 0 Å². The van der Waals surface area contributed by atoms with Crippen LogP contribution in [0.3, 0.4) is 0 Å².